The van der Waals surface area contributed by atoms with Crippen LogP contribution in [0.2, 0.25) is 0 Å². The average molecular weight is 844 g/mol. The summed E-state index contributed by atoms with van der Waals surface area (Å²) >= 11 is 0. The maximum atomic E-state index is 12.2. The highest BCUT2D eigenvalue weighted by Gasteiger charge is 2.63. The summed E-state index contributed by atoms with van der Waals surface area (Å²) in [5.41, 5.74) is 0.375. The first-order chi connectivity index (χ1) is 28.4. The molecule has 3 spiro atoms. The number of hydrogen-bond acceptors (Lipinski definition) is 13. The van der Waals surface area contributed by atoms with Gasteiger partial charge in [-0.1, -0.05) is 59.4 Å². The largest absolute Gasteiger partial charge is 0.481 e. The van der Waals surface area contributed by atoms with Crippen LogP contribution in [0, 0.1) is 29.6 Å². The lowest BCUT2D eigenvalue weighted by atomic mass is 9.79. The second-order valence-corrected chi connectivity index (χ2v) is 20.6. The van der Waals surface area contributed by atoms with Gasteiger partial charge in [-0.15, -0.1) is 0 Å². The van der Waals surface area contributed by atoms with Crippen molar-refractivity contribution in [3.05, 3.63) is 36.5 Å². The van der Waals surface area contributed by atoms with Crippen LogP contribution < -0.4 is 5.32 Å². The number of nitrogens with one attached hydrogen (secondary N) is 1. The Kier molecular flexibility index (Phi) is 11.6. The number of fused-ring (bicyclic) bond motifs is 5. The summed E-state index contributed by atoms with van der Waals surface area (Å²) in [6.45, 7) is 16.5. The average Bonchev–Trinajstić information content (AvgIpc) is 3.87. The molecule has 0 saturated carbocycles. The van der Waals surface area contributed by atoms with E-state index in [-0.39, 0.29) is 55.2 Å². The number of aliphatic hydroxyl groups excluding tert-OH is 2. The van der Waals surface area contributed by atoms with Crippen LogP contribution in [-0.2, 0) is 42.7 Å². The van der Waals surface area contributed by atoms with Crippen molar-refractivity contribution in [2.75, 3.05) is 6.54 Å². The third kappa shape index (κ3) is 8.01. The molecule has 9 rings (SSSR count). The summed E-state index contributed by atoms with van der Waals surface area (Å²) in [6, 6.07) is 0. The van der Waals surface area contributed by atoms with Gasteiger partial charge in [0, 0.05) is 57.4 Å². The van der Waals surface area contributed by atoms with Crippen LogP contribution >= 0.6 is 0 Å². The molecule has 14 heteroatoms. The Labute approximate surface area is 354 Å². The number of aliphatic carboxylic acids is 1. The Balaban J connectivity index is 0.831. The van der Waals surface area contributed by atoms with Crippen molar-refractivity contribution in [1.82, 2.24) is 5.32 Å². The molecule has 8 fully saturated rings. The fraction of sp³-hybridized carbons (Fsp3) is 0.848. The van der Waals surface area contributed by atoms with Gasteiger partial charge in [0.2, 0.25) is 0 Å². The number of piperidine rings is 1. The van der Waals surface area contributed by atoms with E-state index < -0.39 is 65.4 Å². The molecule has 8 saturated heterocycles. The van der Waals surface area contributed by atoms with Crippen LogP contribution in [0.15, 0.2) is 36.5 Å². The van der Waals surface area contributed by atoms with E-state index in [1.54, 1.807) is 6.08 Å². The maximum Gasteiger partial charge on any atom is 0.306 e. The standard InChI is InChI=1S/C46H69NO13/c1-25-17-35-40-37(23-44(58-40)29(5)16-26(2)24-47-44)56-43(21-25,55-35)22-28(4)39-27(3)11-13-45(52,59-39)41(51)36-20-34-33(53-36)18-30(6)46(57-34)15-14-42(60-46)12-7-8-32(54-42)10-9-31(48)19-38(49)50/h7,9-10,12,25-27,29-37,39-41,47-48,51-52H,4,8,11,13-24H2,1-3,5-6H3,(H,49,50)/b10-9+/t25-,26+,27+,29-,30+,31+,32+,33+,34+,35+,36-,37+,39+,40+,41+,42+,43-,44-,45-,46-/m1/s1. The van der Waals surface area contributed by atoms with E-state index >= 15 is 0 Å². The molecular formula is C46H69NO13. The van der Waals surface area contributed by atoms with Gasteiger partial charge in [0.25, 0.3) is 0 Å². The summed E-state index contributed by atoms with van der Waals surface area (Å²) in [5.74, 6) is -4.45. The zero-order valence-electron chi connectivity index (χ0n) is 36.0. The van der Waals surface area contributed by atoms with E-state index in [0.717, 1.165) is 37.8 Å². The highest BCUT2D eigenvalue weighted by Crippen LogP contribution is 2.55. The Hall–Kier alpha value is -1.79. The van der Waals surface area contributed by atoms with Gasteiger partial charge in [0.1, 0.15) is 17.9 Å². The molecular weight excluding hydrogens is 775 g/mol. The van der Waals surface area contributed by atoms with Crippen LogP contribution in [0.4, 0.5) is 0 Å². The Morgan fingerprint density at radius 2 is 1.68 bits per heavy atom. The second kappa shape index (κ2) is 16.0. The molecule has 2 bridgehead atoms. The van der Waals surface area contributed by atoms with Gasteiger partial charge in [-0.05, 0) is 67.4 Å². The molecule has 9 aliphatic rings. The first-order valence-electron chi connectivity index (χ1n) is 22.9. The third-order valence-corrected chi connectivity index (χ3v) is 15.5. The number of carbonyl (C=O) groups is 1. The summed E-state index contributed by atoms with van der Waals surface area (Å²) in [7, 11) is 0. The normalized spacial score (nSPS) is 52.2. The summed E-state index contributed by atoms with van der Waals surface area (Å²) in [6.07, 6.45) is 9.13. The fourth-order valence-electron chi connectivity index (χ4n) is 12.4. The van der Waals surface area contributed by atoms with Crippen molar-refractivity contribution in [1.29, 1.82) is 0 Å². The maximum absolute atomic E-state index is 12.2. The van der Waals surface area contributed by atoms with Crippen LogP contribution in [0.5, 0.6) is 0 Å². The molecule has 9 heterocycles. The van der Waals surface area contributed by atoms with Crippen LogP contribution in [0.3, 0.4) is 0 Å². The van der Waals surface area contributed by atoms with E-state index in [1.807, 2.05) is 12.2 Å². The minimum absolute atomic E-state index is 0.0470. The van der Waals surface area contributed by atoms with Gasteiger partial charge < -0.3 is 58.3 Å². The molecule has 14 nitrogen and oxygen atoms in total. The molecule has 5 N–H and O–H groups in total. The Morgan fingerprint density at radius 1 is 0.883 bits per heavy atom. The molecule has 0 radical (unpaired) electrons. The Morgan fingerprint density at radius 3 is 2.47 bits per heavy atom. The number of carboxylic acid groups (broad SMARTS) is 1. The third-order valence-electron chi connectivity index (χ3n) is 15.5. The quantitative estimate of drug-likeness (QED) is 0.196. The first-order valence-corrected chi connectivity index (χ1v) is 22.9. The molecule has 336 valence electrons. The van der Waals surface area contributed by atoms with Gasteiger partial charge >= 0.3 is 5.97 Å². The molecule has 9 aliphatic heterocycles. The zero-order chi connectivity index (χ0) is 42.4. The summed E-state index contributed by atoms with van der Waals surface area (Å²) in [5, 5.41) is 46.9. The van der Waals surface area contributed by atoms with E-state index in [1.165, 1.54) is 6.08 Å². The van der Waals surface area contributed by atoms with Crippen molar-refractivity contribution in [2.24, 2.45) is 29.6 Å². The lowest BCUT2D eigenvalue weighted by Crippen LogP contribution is -2.60. The number of carboxylic acids is 1. The van der Waals surface area contributed by atoms with Crippen molar-refractivity contribution in [2.45, 2.75) is 208 Å². The van der Waals surface area contributed by atoms with E-state index in [4.69, 9.17) is 43.0 Å². The van der Waals surface area contributed by atoms with Crippen molar-refractivity contribution in [3.8, 4) is 0 Å². The number of ether oxygens (including phenoxy) is 8. The Bertz CT molecular complexity index is 1690. The smallest absolute Gasteiger partial charge is 0.306 e. The van der Waals surface area contributed by atoms with Gasteiger partial charge in [-0.3, -0.25) is 10.1 Å². The minimum Gasteiger partial charge on any atom is -0.481 e. The molecule has 60 heavy (non-hydrogen) atoms. The van der Waals surface area contributed by atoms with Crippen LogP contribution in [-0.4, -0.2) is 123 Å². The highest BCUT2D eigenvalue weighted by molar-refractivity contribution is 5.67. The topological polar surface area (TPSA) is 184 Å². The van der Waals surface area contributed by atoms with Crippen molar-refractivity contribution in [3.63, 3.8) is 0 Å². The van der Waals surface area contributed by atoms with Gasteiger partial charge in [0.15, 0.2) is 23.1 Å². The zero-order valence-corrected chi connectivity index (χ0v) is 36.0. The van der Waals surface area contributed by atoms with Crippen molar-refractivity contribution >= 4 is 5.97 Å². The predicted molar refractivity (Wildman–Crippen MR) is 216 cm³/mol. The van der Waals surface area contributed by atoms with Crippen molar-refractivity contribution < 1.29 is 63.1 Å². The van der Waals surface area contributed by atoms with Crippen LogP contribution in [0.25, 0.3) is 0 Å². The molecule has 0 aromatic rings. The lowest BCUT2D eigenvalue weighted by Gasteiger charge is -2.52. The van der Waals surface area contributed by atoms with E-state index in [0.29, 0.717) is 62.7 Å². The van der Waals surface area contributed by atoms with E-state index in [2.05, 4.69) is 46.5 Å². The minimum atomic E-state index is -1.86. The van der Waals surface area contributed by atoms with E-state index in [9.17, 15) is 20.1 Å². The van der Waals surface area contributed by atoms with Gasteiger partial charge in [-0.25, -0.2) is 0 Å². The lowest BCUT2D eigenvalue weighted by molar-refractivity contribution is -0.366. The molecule has 0 amide bonds. The number of hydrogen-bond donors (Lipinski definition) is 5. The molecule has 20 atom stereocenters. The molecule has 0 unspecified atom stereocenters. The van der Waals surface area contributed by atoms with Gasteiger partial charge in [0.05, 0.1) is 55.3 Å². The fourth-order valence-corrected chi connectivity index (χ4v) is 12.4. The summed E-state index contributed by atoms with van der Waals surface area (Å²) in [4.78, 5) is 11.0. The molecule has 0 aliphatic carbocycles. The second-order valence-electron chi connectivity index (χ2n) is 20.6. The number of rotatable bonds is 9. The van der Waals surface area contributed by atoms with Gasteiger partial charge in [-0.2, -0.15) is 0 Å². The predicted octanol–water partition coefficient (Wildman–Crippen LogP) is 4.98. The first kappa shape index (κ1) is 43.5. The molecule has 0 aromatic heterocycles. The highest BCUT2D eigenvalue weighted by atomic mass is 16.8. The number of aliphatic hydroxyl groups is 3. The summed E-state index contributed by atoms with van der Waals surface area (Å²) < 4.78 is 53.7. The SMILES string of the molecule is C=C(C[C@]12C[C@H](C)C[C@H](O1)[C@@H]1O[C@@]3(C[C@@H]1O2)NC[C@@H](C)C[C@H]3C)[C@H]1O[C@@](O)([C@@H](O)[C@H]2C[C@@H]3O[C@@]4(CC[C@]5(C=CC[C@@H](/C=C/[C@H](O)CC(=O)O)O5)O4)[C@@H](C)C[C@@H]3O2)CC[C@@H]1C. The van der Waals surface area contributed by atoms with Crippen LogP contribution in [0.1, 0.15) is 118 Å². The molecule has 0 aromatic carbocycles. The monoisotopic (exact) mass is 843 g/mol.